The maximum absolute atomic E-state index is 6.73. The molecule has 3 aromatic rings. The van der Waals surface area contributed by atoms with Crippen molar-refractivity contribution in [3.8, 4) is 0 Å². The Morgan fingerprint density at radius 3 is 0.958 bits per heavy atom. The molecular formula is C40H58O8. The fraction of sp³-hybridized carbons (Fsp3) is 0.550. The van der Waals surface area contributed by atoms with E-state index in [4.69, 9.17) is 37.9 Å². The van der Waals surface area contributed by atoms with Crippen molar-refractivity contribution in [3.63, 3.8) is 0 Å². The molecule has 8 heteroatoms. The first-order chi connectivity index (χ1) is 23.9. The van der Waals surface area contributed by atoms with Gasteiger partial charge in [-0.3, -0.25) is 0 Å². The Balaban J connectivity index is 1.14. The van der Waals surface area contributed by atoms with Crippen LogP contribution < -0.4 is 0 Å². The van der Waals surface area contributed by atoms with Crippen molar-refractivity contribution in [2.45, 2.75) is 44.6 Å². The van der Waals surface area contributed by atoms with Crippen molar-refractivity contribution in [3.05, 3.63) is 108 Å². The lowest BCUT2D eigenvalue weighted by molar-refractivity contribution is -0.0397. The van der Waals surface area contributed by atoms with Crippen LogP contribution in [-0.4, -0.2) is 99.1 Å². The minimum Gasteiger partial charge on any atom is -0.379 e. The number of unbranched alkanes of at least 4 members (excludes halogenated alkanes) is 4. The molecule has 0 atom stereocenters. The zero-order chi connectivity index (χ0) is 33.6. The summed E-state index contributed by atoms with van der Waals surface area (Å²) in [4.78, 5) is 0. The Kier molecular flexibility index (Phi) is 22.5. The Morgan fingerprint density at radius 2 is 0.625 bits per heavy atom. The van der Waals surface area contributed by atoms with Crippen molar-refractivity contribution >= 4 is 0 Å². The Morgan fingerprint density at radius 1 is 0.333 bits per heavy atom. The third-order valence-electron chi connectivity index (χ3n) is 7.71. The predicted octanol–water partition coefficient (Wildman–Crippen LogP) is 7.08. The highest BCUT2D eigenvalue weighted by Gasteiger charge is 2.37. The summed E-state index contributed by atoms with van der Waals surface area (Å²) in [5, 5.41) is 0. The summed E-state index contributed by atoms with van der Waals surface area (Å²) in [5.41, 5.74) is 2.48. The van der Waals surface area contributed by atoms with E-state index in [0.29, 0.717) is 92.5 Å². The number of rotatable bonds is 31. The molecule has 0 saturated carbocycles. The molecule has 0 heterocycles. The quantitative estimate of drug-likeness (QED) is 0.0533. The number of benzene rings is 3. The zero-order valence-corrected chi connectivity index (χ0v) is 29.1. The summed E-state index contributed by atoms with van der Waals surface area (Å²) < 4.78 is 46.0. The van der Waals surface area contributed by atoms with E-state index in [0.717, 1.165) is 29.7 Å². The van der Waals surface area contributed by atoms with Crippen LogP contribution in [0.4, 0.5) is 0 Å². The number of hydrogen-bond donors (Lipinski definition) is 0. The molecule has 0 bridgehead atoms. The topological polar surface area (TPSA) is 73.8 Å². The first-order valence-electron chi connectivity index (χ1n) is 17.7. The summed E-state index contributed by atoms with van der Waals surface area (Å²) in [7, 11) is 0. The first kappa shape index (κ1) is 39.8. The predicted molar refractivity (Wildman–Crippen MR) is 190 cm³/mol. The lowest BCUT2D eigenvalue weighted by Crippen LogP contribution is -2.34. The second-order valence-corrected chi connectivity index (χ2v) is 11.3. The van der Waals surface area contributed by atoms with Crippen molar-refractivity contribution < 1.29 is 37.9 Å². The van der Waals surface area contributed by atoms with Crippen LogP contribution in [0.25, 0.3) is 0 Å². The molecule has 0 unspecified atom stereocenters. The molecule has 0 N–H and O–H groups in total. The Labute approximate surface area is 288 Å². The number of ether oxygens (including phenoxy) is 8. The van der Waals surface area contributed by atoms with Crippen molar-refractivity contribution in [1.29, 1.82) is 0 Å². The maximum atomic E-state index is 6.73. The number of hydrogen-bond acceptors (Lipinski definition) is 8. The van der Waals surface area contributed by atoms with Gasteiger partial charge in [-0.1, -0.05) is 124 Å². The molecule has 266 valence electrons. The van der Waals surface area contributed by atoms with Gasteiger partial charge in [0.15, 0.2) is 0 Å². The molecule has 8 nitrogen and oxygen atoms in total. The minimum atomic E-state index is -0.741. The lowest BCUT2D eigenvalue weighted by atomic mass is 9.80. The van der Waals surface area contributed by atoms with Crippen LogP contribution in [0.15, 0.2) is 91.0 Å². The largest absolute Gasteiger partial charge is 0.379 e. The summed E-state index contributed by atoms with van der Waals surface area (Å²) in [5.74, 6) is 0. The van der Waals surface area contributed by atoms with Gasteiger partial charge >= 0.3 is 0 Å². The molecule has 0 aromatic heterocycles. The van der Waals surface area contributed by atoms with E-state index in [2.05, 4.69) is 43.3 Å². The van der Waals surface area contributed by atoms with E-state index in [1.165, 1.54) is 25.7 Å². The molecule has 0 aliphatic carbocycles. The highest BCUT2D eigenvalue weighted by Crippen LogP contribution is 2.40. The van der Waals surface area contributed by atoms with Gasteiger partial charge < -0.3 is 37.9 Å². The van der Waals surface area contributed by atoms with E-state index in [9.17, 15) is 0 Å². The van der Waals surface area contributed by atoms with Gasteiger partial charge in [0.05, 0.1) is 92.5 Å². The van der Waals surface area contributed by atoms with E-state index in [-0.39, 0.29) is 0 Å². The van der Waals surface area contributed by atoms with Gasteiger partial charge in [0.2, 0.25) is 0 Å². The third-order valence-corrected chi connectivity index (χ3v) is 7.71. The molecule has 3 rings (SSSR count). The van der Waals surface area contributed by atoms with Crippen LogP contribution in [-0.2, 0) is 43.5 Å². The lowest BCUT2D eigenvalue weighted by Gasteiger charge is -2.36. The normalized spacial score (nSPS) is 11.7. The highest BCUT2D eigenvalue weighted by molar-refractivity contribution is 5.47. The molecule has 48 heavy (non-hydrogen) atoms. The second kappa shape index (κ2) is 27.2. The van der Waals surface area contributed by atoms with Crippen LogP contribution in [0.2, 0.25) is 0 Å². The molecule has 0 fully saturated rings. The van der Waals surface area contributed by atoms with Crippen molar-refractivity contribution in [2.75, 3.05) is 99.1 Å². The standard InChI is InChI=1S/C40H58O8/c1-2-3-4-5-15-22-41-23-24-42-25-26-43-27-28-44-29-30-45-31-32-46-33-34-47-35-36-48-40(37-16-9-6-10-17-37,38-18-11-7-12-19-38)39-20-13-8-14-21-39/h6-14,16-21H,2-5,15,22-36H2,1H3. The summed E-state index contributed by atoms with van der Waals surface area (Å²) in [6.07, 6.45) is 6.28. The van der Waals surface area contributed by atoms with Crippen molar-refractivity contribution in [2.24, 2.45) is 0 Å². The monoisotopic (exact) mass is 666 g/mol. The molecule has 0 aliphatic rings. The summed E-state index contributed by atoms with van der Waals surface area (Å²) in [6, 6.07) is 31.1. The van der Waals surface area contributed by atoms with Gasteiger partial charge in [0.1, 0.15) is 5.60 Å². The van der Waals surface area contributed by atoms with E-state index < -0.39 is 5.60 Å². The summed E-state index contributed by atoms with van der Waals surface area (Å²) >= 11 is 0. The molecular weight excluding hydrogens is 608 g/mol. The Hall–Kier alpha value is -2.66. The highest BCUT2D eigenvalue weighted by atomic mass is 16.6. The first-order valence-corrected chi connectivity index (χ1v) is 17.7. The maximum Gasteiger partial charge on any atom is 0.143 e. The van der Waals surface area contributed by atoms with Crippen LogP contribution in [0, 0.1) is 0 Å². The van der Waals surface area contributed by atoms with Crippen LogP contribution >= 0.6 is 0 Å². The molecule has 0 amide bonds. The average molecular weight is 667 g/mol. The molecule has 0 saturated heterocycles. The fourth-order valence-electron chi connectivity index (χ4n) is 5.25. The Bertz CT molecular complexity index is 1020. The second-order valence-electron chi connectivity index (χ2n) is 11.3. The van der Waals surface area contributed by atoms with Gasteiger partial charge in [0, 0.05) is 6.61 Å². The summed E-state index contributed by atoms with van der Waals surface area (Å²) in [6.45, 7) is 10.4. The van der Waals surface area contributed by atoms with Gasteiger partial charge in [-0.2, -0.15) is 0 Å². The molecule has 0 spiro atoms. The van der Waals surface area contributed by atoms with E-state index >= 15 is 0 Å². The van der Waals surface area contributed by atoms with E-state index in [1.54, 1.807) is 0 Å². The minimum absolute atomic E-state index is 0.426. The van der Waals surface area contributed by atoms with Gasteiger partial charge in [-0.05, 0) is 23.1 Å². The van der Waals surface area contributed by atoms with Crippen LogP contribution in [0.1, 0.15) is 55.7 Å². The fourth-order valence-corrected chi connectivity index (χ4v) is 5.25. The zero-order valence-electron chi connectivity index (χ0n) is 29.1. The van der Waals surface area contributed by atoms with Gasteiger partial charge in [-0.15, -0.1) is 0 Å². The van der Waals surface area contributed by atoms with Gasteiger partial charge in [0.25, 0.3) is 0 Å². The SMILES string of the molecule is CCCCCCCOCCOCCOCCOCCOCCOCCOCCOC(c1ccccc1)(c1ccccc1)c1ccccc1. The van der Waals surface area contributed by atoms with Crippen LogP contribution in [0.5, 0.6) is 0 Å². The smallest absolute Gasteiger partial charge is 0.143 e. The third kappa shape index (κ3) is 16.2. The molecule has 0 radical (unpaired) electrons. The molecule has 0 aliphatic heterocycles. The average Bonchev–Trinajstić information content (AvgIpc) is 3.14. The molecule has 3 aromatic carbocycles. The van der Waals surface area contributed by atoms with Crippen molar-refractivity contribution in [1.82, 2.24) is 0 Å². The van der Waals surface area contributed by atoms with E-state index in [1.807, 2.05) is 54.6 Å². The van der Waals surface area contributed by atoms with Gasteiger partial charge in [-0.25, -0.2) is 0 Å². The van der Waals surface area contributed by atoms with Crippen LogP contribution in [0.3, 0.4) is 0 Å².